The van der Waals surface area contributed by atoms with Crippen LogP contribution in [0.15, 0.2) is 48.7 Å². The van der Waals surface area contributed by atoms with Crippen molar-refractivity contribution in [1.29, 1.82) is 0 Å². The number of rotatable bonds is 3. The molecule has 1 aromatic heterocycles. The maximum atomic E-state index is 9.51. The molecule has 0 saturated heterocycles. The highest BCUT2D eigenvalue weighted by Crippen LogP contribution is 2.25. The largest absolute Gasteiger partial charge is 0.508 e. The highest BCUT2D eigenvalue weighted by atomic mass is 16.5. The second-order valence-electron chi connectivity index (χ2n) is 4.33. The maximum Gasteiger partial charge on any atom is 0.123 e. The number of phenolic OH excluding ortho intramolecular Hbond substituents is 2. The minimum atomic E-state index is 0.175. The van der Waals surface area contributed by atoms with E-state index in [0.29, 0.717) is 12.4 Å². The van der Waals surface area contributed by atoms with E-state index in [9.17, 15) is 10.2 Å². The first kappa shape index (κ1) is 11.5. The van der Waals surface area contributed by atoms with Crippen LogP contribution in [-0.2, 0) is 6.61 Å². The van der Waals surface area contributed by atoms with Crippen LogP contribution in [0.1, 0.15) is 5.56 Å². The Balaban J connectivity index is 1.84. The van der Waals surface area contributed by atoms with Crippen molar-refractivity contribution in [2.24, 2.45) is 0 Å². The summed E-state index contributed by atoms with van der Waals surface area (Å²) >= 11 is 0. The zero-order valence-corrected chi connectivity index (χ0v) is 10.1. The van der Waals surface area contributed by atoms with Gasteiger partial charge in [0.15, 0.2) is 0 Å². The van der Waals surface area contributed by atoms with Gasteiger partial charge in [-0.1, -0.05) is 6.07 Å². The molecule has 0 aliphatic carbocycles. The zero-order chi connectivity index (χ0) is 13.2. The number of nitrogens with one attached hydrogen (secondary N) is 1. The molecule has 96 valence electrons. The number of phenols is 2. The first-order valence-corrected chi connectivity index (χ1v) is 5.93. The smallest absolute Gasteiger partial charge is 0.123 e. The van der Waals surface area contributed by atoms with E-state index < -0.39 is 0 Å². The van der Waals surface area contributed by atoms with Crippen molar-refractivity contribution < 1.29 is 14.9 Å². The molecule has 1 heterocycles. The predicted octanol–water partition coefficient (Wildman–Crippen LogP) is 3.16. The second kappa shape index (κ2) is 4.57. The van der Waals surface area contributed by atoms with E-state index in [4.69, 9.17) is 4.74 Å². The molecule has 0 atom stereocenters. The molecule has 0 fully saturated rings. The van der Waals surface area contributed by atoms with Crippen LogP contribution in [0.3, 0.4) is 0 Å². The number of aromatic hydroxyl groups is 2. The number of hydrogen-bond donors (Lipinski definition) is 3. The Bertz CT molecular complexity index is 718. The van der Waals surface area contributed by atoms with Crippen LogP contribution in [0.5, 0.6) is 17.2 Å². The lowest BCUT2D eigenvalue weighted by atomic mass is 10.2. The molecule has 4 nitrogen and oxygen atoms in total. The number of benzene rings is 2. The van der Waals surface area contributed by atoms with Gasteiger partial charge in [-0.05, 0) is 30.3 Å². The first-order chi connectivity index (χ1) is 9.22. The van der Waals surface area contributed by atoms with Gasteiger partial charge in [-0.3, -0.25) is 0 Å². The van der Waals surface area contributed by atoms with E-state index in [-0.39, 0.29) is 11.5 Å². The van der Waals surface area contributed by atoms with Gasteiger partial charge < -0.3 is 19.9 Å². The van der Waals surface area contributed by atoms with Gasteiger partial charge in [-0.25, -0.2) is 0 Å². The van der Waals surface area contributed by atoms with E-state index in [0.717, 1.165) is 16.5 Å². The number of aromatic nitrogens is 1. The van der Waals surface area contributed by atoms with Gasteiger partial charge >= 0.3 is 0 Å². The fourth-order valence-electron chi connectivity index (χ4n) is 2.02. The average Bonchev–Trinajstić information content (AvgIpc) is 2.79. The van der Waals surface area contributed by atoms with Gasteiger partial charge in [0, 0.05) is 28.7 Å². The standard InChI is InChI=1S/C15H13NO3/c17-11-2-1-3-13(6-11)19-9-10-8-16-15-5-4-12(18)7-14(10)15/h1-8,16-18H,9H2. The van der Waals surface area contributed by atoms with Crippen molar-refractivity contribution in [2.75, 3.05) is 0 Å². The Kier molecular flexibility index (Phi) is 2.76. The molecule has 0 aliphatic heterocycles. The fraction of sp³-hybridized carbons (Fsp3) is 0.0667. The first-order valence-electron chi connectivity index (χ1n) is 5.93. The topological polar surface area (TPSA) is 65.5 Å². The monoisotopic (exact) mass is 255 g/mol. The Morgan fingerprint density at radius 1 is 1.00 bits per heavy atom. The molecule has 3 aromatic rings. The summed E-state index contributed by atoms with van der Waals surface area (Å²) in [6.07, 6.45) is 1.85. The third-order valence-corrected chi connectivity index (χ3v) is 2.96. The highest BCUT2D eigenvalue weighted by Gasteiger charge is 2.05. The van der Waals surface area contributed by atoms with Gasteiger partial charge in [0.2, 0.25) is 0 Å². The lowest BCUT2D eigenvalue weighted by Gasteiger charge is -2.05. The summed E-state index contributed by atoms with van der Waals surface area (Å²) in [6.45, 7) is 0.368. The van der Waals surface area contributed by atoms with Crippen LogP contribution in [0.4, 0.5) is 0 Å². The Labute approximate surface area is 109 Å². The van der Waals surface area contributed by atoms with Gasteiger partial charge in [-0.15, -0.1) is 0 Å². The van der Waals surface area contributed by atoms with Crippen LogP contribution in [-0.4, -0.2) is 15.2 Å². The number of hydrogen-bond acceptors (Lipinski definition) is 3. The van der Waals surface area contributed by atoms with Gasteiger partial charge in [0.25, 0.3) is 0 Å². The van der Waals surface area contributed by atoms with Crippen molar-refractivity contribution in [3.05, 3.63) is 54.2 Å². The van der Waals surface area contributed by atoms with Crippen molar-refractivity contribution >= 4 is 10.9 Å². The Morgan fingerprint density at radius 2 is 1.84 bits per heavy atom. The SMILES string of the molecule is Oc1cccc(OCc2c[nH]c3ccc(O)cc23)c1. The van der Waals surface area contributed by atoms with E-state index in [1.54, 1.807) is 36.4 Å². The van der Waals surface area contributed by atoms with Gasteiger partial charge in [0.05, 0.1) is 0 Å². The quantitative estimate of drug-likeness (QED) is 0.673. The summed E-state index contributed by atoms with van der Waals surface area (Å²) in [5, 5.41) is 19.8. The summed E-state index contributed by atoms with van der Waals surface area (Å²) in [6, 6.07) is 11.8. The fourth-order valence-corrected chi connectivity index (χ4v) is 2.02. The van der Waals surface area contributed by atoms with Crippen LogP contribution in [0.2, 0.25) is 0 Å². The molecule has 19 heavy (non-hydrogen) atoms. The number of ether oxygens (including phenoxy) is 1. The molecule has 0 radical (unpaired) electrons. The van der Waals surface area contributed by atoms with Crippen molar-refractivity contribution in [2.45, 2.75) is 6.61 Å². The lowest BCUT2D eigenvalue weighted by molar-refractivity contribution is 0.306. The van der Waals surface area contributed by atoms with E-state index in [2.05, 4.69) is 4.98 Å². The number of fused-ring (bicyclic) bond motifs is 1. The molecule has 0 bridgehead atoms. The molecular formula is C15H13NO3. The van der Waals surface area contributed by atoms with Crippen LogP contribution in [0, 0.1) is 0 Å². The molecule has 0 amide bonds. The Hall–Kier alpha value is -2.62. The molecule has 3 rings (SSSR count). The average molecular weight is 255 g/mol. The predicted molar refractivity (Wildman–Crippen MR) is 72.4 cm³/mol. The maximum absolute atomic E-state index is 9.51. The summed E-state index contributed by atoms with van der Waals surface area (Å²) in [5.41, 5.74) is 1.90. The highest BCUT2D eigenvalue weighted by molar-refractivity contribution is 5.84. The molecule has 0 saturated carbocycles. The van der Waals surface area contributed by atoms with Crippen LogP contribution in [0.25, 0.3) is 10.9 Å². The number of aromatic amines is 1. The summed E-state index contributed by atoms with van der Waals surface area (Å²) < 4.78 is 5.62. The van der Waals surface area contributed by atoms with Crippen LogP contribution >= 0.6 is 0 Å². The van der Waals surface area contributed by atoms with Crippen molar-refractivity contribution in [1.82, 2.24) is 4.98 Å². The molecule has 0 spiro atoms. The van der Waals surface area contributed by atoms with E-state index >= 15 is 0 Å². The van der Waals surface area contributed by atoms with Crippen molar-refractivity contribution in [3.8, 4) is 17.2 Å². The summed E-state index contributed by atoms with van der Waals surface area (Å²) in [5.74, 6) is 1.01. The third kappa shape index (κ3) is 2.33. The van der Waals surface area contributed by atoms with E-state index in [1.165, 1.54) is 0 Å². The normalized spacial score (nSPS) is 10.7. The summed E-state index contributed by atoms with van der Waals surface area (Å²) in [7, 11) is 0. The zero-order valence-electron chi connectivity index (χ0n) is 10.1. The minimum absolute atomic E-state index is 0.175. The lowest BCUT2D eigenvalue weighted by Crippen LogP contribution is -1.94. The molecule has 4 heteroatoms. The number of H-pyrrole nitrogens is 1. The molecule has 2 aromatic carbocycles. The Morgan fingerprint density at radius 3 is 2.68 bits per heavy atom. The molecule has 3 N–H and O–H groups in total. The summed E-state index contributed by atoms with van der Waals surface area (Å²) in [4.78, 5) is 3.12. The van der Waals surface area contributed by atoms with Gasteiger partial charge in [-0.2, -0.15) is 0 Å². The molecule has 0 unspecified atom stereocenters. The second-order valence-corrected chi connectivity index (χ2v) is 4.33. The molecular weight excluding hydrogens is 242 g/mol. The van der Waals surface area contributed by atoms with E-state index in [1.807, 2.05) is 12.3 Å². The van der Waals surface area contributed by atoms with Crippen molar-refractivity contribution in [3.63, 3.8) is 0 Å². The van der Waals surface area contributed by atoms with Gasteiger partial charge in [0.1, 0.15) is 23.9 Å². The third-order valence-electron chi connectivity index (χ3n) is 2.96. The molecule has 0 aliphatic rings. The van der Waals surface area contributed by atoms with Crippen LogP contribution < -0.4 is 4.74 Å². The minimum Gasteiger partial charge on any atom is -0.508 e.